The predicted molar refractivity (Wildman–Crippen MR) is 370 cm³/mol. The van der Waals surface area contributed by atoms with E-state index in [2.05, 4.69) is 255 Å². The number of hydrogen-bond donors (Lipinski definition) is 0. The van der Waals surface area contributed by atoms with Gasteiger partial charge in [-0.25, -0.2) is 0 Å². The van der Waals surface area contributed by atoms with Gasteiger partial charge in [0.25, 0.3) is 6.71 Å². The highest BCUT2D eigenvalue weighted by Gasteiger charge is 2.60. The summed E-state index contributed by atoms with van der Waals surface area (Å²) >= 11 is 3.94. The Bertz CT molecular complexity index is 4740. The number of benzene rings is 8. The van der Waals surface area contributed by atoms with Crippen LogP contribution in [0.5, 0.6) is 0 Å². The lowest BCUT2D eigenvalue weighted by Crippen LogP contribution is -2.61. The lowest BCUT2D eigenvalue weighted by atomic mass is 9.33. The summed E-state index contributed by atoms with van der Waals surface area (Å²) in [4.78, 5) is 8.51. The summed E-state index contributed by atoms with van der Waals surface area (Å²) in [5, 5.41) is 5.37. The van der Waals surface area contributed by atoms with Crippen molar-refractivity contribution in [2.24, 2.45) is 0 Å². The van der Waals surface area contributed by atoms with Crippen molar-refractivity contribution in [1.29, 1.82) is 0 Å². The van der Waals surface area contributed by atoms with Crippen LogP contribution in [0.4, 0.5) is 39.8 Å². The van der Waals surface area contributed by atoms with E-state index >= 15 is 0 Å². The molecule has 4 nitrogen and oxygen atoms in total. The number of thiophene rings is 2. The highest BCUT2D eigenvalue weighted by molar-refractivity contribution is 7.27. The number of rotatable bonds is 3. The minimum Gasteiger partial charge on any atom is -0.334 e. The Morgan fingerprint density at radius 2 is 0.941 bits per heavy atom. The molecule has 2 fully saturated rings. The van der Waals surface area contributed by atoms with Crippen molar-refractivity contribution in [2.45, 2.75) is 180 Å². The second-order valence-corrected chi connectivity index (χ2v) is 32.8. The van der Waals surface area contributed by atoms with Crippen LogP contribution >= 0.6 is 22.7 Å². The van der Waals surface area contributed by atoms with Crippen molar-refractivity contribution in [3.05, 3.63) is 173 Å². The molecule has 6 aliphatic rings. The fraction of sp³-hybridized carbons (Fsp3) is 0.359. The van der Waals surface area contributed by atoms with Crippen molar-refractivity contribution in [2.75, 3.05) is 14.7 Å². The first-order chi connectivity index (χ1) is 40.5. The summed E-state index contributed by atoms with van der Waals surface area (Å²) in [6, 6.07) is 59.1. The van der Waals surface area contributed by atoms with Crippen molar-refractivity contribution < 1.29 is 0 Å². The van der Waals surface area contributed by atoms with Crippen LogP contribution in [0, 0.1) is 0 Å². The summed E-state index contributed by atoms with van der Waals surface area (Å²) in [5.41, 5.74) is 24.4. The molecule has 0 bridgehead atoms. The van der Waals surface area contributed by atoms with Gasteiger partial charge in [0.1, 0.15) is 0 Å². The third-order valence-electron chi connectivity index (χ3n) is 23.1. The SMILES string of the molecule is CC(C)(C)c1ccc2c(c1)C1(C)CCCCC1(C)N2c1ccc2c(c1)N(c1cccc3c1sc1ccccc13)c1cc(N3c4ccc(C(C)(C)C)cc4C4(C)CCCCC34C)cc3c1B2c1cc(C(C)(C)C)cc2c4sc5ccccc5c4n-3c12. The van der Waals surface area contributed by atoms with E-state index < -0.39 is 0 Å². The maximum atomic E-state index is 2.88. The average molecular weight is 1150 g/mol. The third-order valence-corrected chi connectivity index (χ3v) is 25.5. The summed E-state index contributed by atoms with van der Waals surface area (Å²) in [6.45, 7) is 32.0. The van der Waals surface area contributed by atoms with E-state index in [0.717, 1.165) is 12.8 Å². The summed E-state index contributed by atoms with van der Waals surface area (Å²) < 4.78 is 8.18. The van der Waals surface area contributed by atoms with Crippen molar-refractivity contribution >= 4 is 137 Å². The molecule has 2 saturated carbocycles. The molecular weight excluding hydrogens is 1070 g/mol. The van der Waals surface area contributed by atoms with Crippen molar-refractivity contribution in [3.8, 4) is 5.69 Å². The topological polar surface area (TPSA) is 14.7 Å². The van der Waals surface area contributed by atoms with Gasteiger partial charge in [-0.05, 0) is 161 Å². The Hall–Kier alpha value is -6.80. The molecule has 3 aromatic heterocycles. The molecule has 7 heteroatoms. The fourth-order valence-corrected chi connectivity index (χ4v) is 20.4. The van der Waals surface area contributed by atoms with Crippen LogP contribution in [-0.4, -0.2) is 22.4 Å². The summed E-state index contributed by atoms with van der Waals surface area (Å²) in [5.74, 6) is 0. The number of hydrogen-bond acceptors (Lipinski definition) is 5. The number of nitrogens with zero attached hydrogens (tertiary/aromatic N) is 4. The molecular formula is C78H79BN4S2. The molecule has 0 spiro atoms. The minimum atomic E-state index is -0.163. The number of anilines is 7. The van der Waals surface area contributed by atoms with Crippen LogP contribution in [0.25, 0.3) is 57.1 Å². The van der Waals surface area contributed by atoms with Gasteiger partial charge in [-0.15, -0.1) is 22.7 Å². The molecule has 4 unspecified atom stereocenters. The van der Waals surface area contributed by atoms with E-state index in [0.29, 0.717) is 0 Å². The second-order valence-electron chi connectivity index (χ2n) is 30.7. The second kappa shape index (κ2) is 17.0. The predicted octanol–water partition coefficient (Wildman–Crippen LogP) is 20.4. The average Bonchev–Trinajstić information content (AvgIpc) is 1.64. The van der Waals surface area contributed by atoms with Gasteiger partial charge in [-0.1, -0.05) is 187 Å². The molecule has 0 radical (unpaired) electrons. The van der Waals surface area contributed by atoms with Gasteiger partial charge in [0, 0.05) is 81.6 Å². The molecule has 8 aromatic carbocycles. The van der Waals surface area contributed by atoms with Gasteiger partial charge < -0.3 is 19.3 Å². The van der Waals surface area contributed by atoms with Crippen LogP contribution in [0.1, 0.15) is 169 Å². The highest BCUT2D eigenvalue weighted by atomic mass is 32.1. The quantitative estimate of drug-likeness (QED) is 0.164. The molecule has 85 heavy (non-hydrogen) atoms. The van der Waals surface area contributed by atoms with E-state index in [1.54, 1.807) is 0 Å². The monoisotopic (exact) mass is 1150 g/mol. The zero-order chi connectivity index (χ0) is 58.4. The van der Waals surface area contributed by atoms with Crippen molar-refractivity contribution in [3.63, 3.8) is 0 Å². The van der Waals surface area contributed by atoms with E-state index in [1.165, 1.54) is 180 Å². The van der Waals surface area contributed by atoms with E-state index in [4.69, 9.17) is 0 Å². The molecule has 0 amide bonds. The molecule has 0 N–H and O–H groups in total. The molecule has 7 heterocycles. The lowest BCUT2D eigenvalue weighted by molar-refractivity contribution is 0.195. The highest BCUT2D eigenvalue weighted by Crippen LogP contribution is 2.64. The molecule has 17 rings (SSSR count). The van der Waals surface area contributed by atoms with Gasteiger partial charge in [-0.3, -0.25) is 0 Å². The smallest absolute Gasteiger partial charge is 0.252 e. The maximum Gasteiger partial charge on any atom is 0.252 e. The van der Waals surface area contributed by atoms with Gasteiger partial charge >= 0.3 is 0 Å². The first-order valence-electron chi connectivity index (χ1n) is 32.0. The van der Waals surface area contributed by atoms with Gasteiger partial charge in [-0.2, -0.15) is 0 Å². The number of aromatic nitrogens is 1. The first-order valence-corrected chi connectivity index (χ1v) is 33.6. The molecule has 426 valence electrons. The molecule has 2 aliphatic carbocycles. The normalized spacial score (nSPS) is 23.3. The lowest BCUT2D eigenvalue weighted by Gasteiger charge is -2.51. The maximum absolute atomic E-state index is 2.88. The minimum absolute atomic E-state index is 0.00922. The standard InChI is InChI=1S/C78H79BN4S2/c1-72(2,3)46-29-33-59-55(40-46)75(10)35-18-20-37-77(75,12)82(59)49-31-32-57-62(43-49)80(61-26-22-25-52-51-23-14-16-27-65(51)84-70(52)61)63-44-50(83-60-34-30-47(73(4,5)6)41-56(60)76(11)36-19-21-38-78(76,83)13)45-64-67(63)79(57)58-42-48(74(7,8)9)39-54-68(58)81(64)69-53-24-15-17-28-66(53)85-71(54)69/h14-17,22-34,39-45H,18-21,35-38H2,1-13H3. The van der Waals surface area contributed by atoms with Crippen molar-refractivity contribution in [1.82, 2.24) is 4.57 Å². The van der Waals surface area contributed by atoms with Crippen LogP contribution in [0.3, 0.4) is 0 Å². The largest absolute Gasteiger partial charge is 0.334 e. The zero-order valence-electron chi connectivity index (χ0n) is 52.2. The Morgan fingerprint density at radius 1 is 0.400 bits per heavy atom. The summed E-state index contributed by atoms with van der Waals surface area (Å²) in [7, 11) is 0. The fourth-order valence-electron chi connectivity index (χ4n) is 18.0. The molecule has 11 aromatic rings. The van der Waals surface area contributed by atoms with Gasteiger partial charge in [0.15, 0.2) is 0 Å². The van der Waals surface area contributed by atoms with E-state index in [9.17, 15) is 0 Å². The Labute approximate surface area is 511 Å². The van der Waals surface area contributed by atoms with E-state index in [-0.39, 0.29) is 44.9 Å². The van der Waals surface area contributed by atoms with Crippen LogP contribution in [-0.2, 0) is 27.1 Å². The summed E-state index contributed by atoms with van der Waals surface area (Å²) in [6.07, 6.45) is 9.60. The van der Waals surface area contributed by atoms with Gasteiger partial charge in [0.05, 0.1) is 37.2 Å². The van der Waals surface area contributed by atoms with Crippen LogP contribution in [0.2, 0.25) is 0 Å². The Kier molecular flexibility index (Phi) is 10.5. The Balaban J connectivity index is 1.02. The number of fused-ring (bicyclic) bond motifs is 18. The van der Waals surface area contributed by atoms with E-state index in [1.807, 2.05) is 22.7 Å². The molecule has 4 aliphatic heterocycles. The first kappa shape index (κ1) is 52.5. The van der Waals surface area contributed by atoms with Crippen LogP contribution in [0.15, 0.2) is 146 Å². The van der Waals surface area contributed by atoms with Gasteiger partial charge in [0.2, 0.25) is 0 Å². The zero-order valence-corrected chi connectivity index (χ0v) is 53.8. The molecule has 0 saturated heterocycles. The third kappa shape index (κ3) is 6.76. The Morgan fingerprint density at radius 3 is 1.58 bits per heavy atom. The molecule has 4 atom stereocenters. The van der Waals surface area contributed by atoms with Crippen LogP contribution < -0.4 is 31.1 Å².